The Hall–Kier alpha value is -0.750. The van der Waals surface area contributed by atoms with Crippen molar-refractivity contribution in [2.75, 3.05) is 12.4 Å². The smallest absolute Gasteiger partial charge is 0.321 e. The number of carboxylic acid groups (broad SMARTS) is 1. The highest BCUT2D eigenvalue weighted by atomic mass is 32.2. The number of cyclic esters (lactones) is 1. The van der Waals surface area contributed by atoms with E-state index in [1.807, 2.05) is 0 Å². The molecule has 3 N–H and O–H groups in total. The van der Waals surface area contributed by atoms with E-state index in [-0.39, 0.29) is 17.0 Å². The van der Waals surface area contributed by atoms with Gasteiger partial charge in [-0.25, -0.2) is 0 Å². The molecule has 0 saturated carbocycles. The van der Waals surface area contributed by atoms with Crippen LogP contribution in [0.5, 0.6) is 0 Å². The van der Waals surface area contributed by atoms with Gasteiger partial charge in [0.2, 0.25) is 0 Å². The van der Waals surface area contributed by atoms with Crippen molar-refractivity contribution in [2.24, 2.45) is 5.73 Å². The lowest BCUT2D eigenvalue weighted by Gasteiger charge is -2.07. The van der Waals surface area contributed by atoms with Crippen molar-refractivity contribution in [2.45, 2.75) is 17.7 Å². The fraction of sp³-hybridized carbons (Fsp3) is 0.714. The Morgan fingerprint density at radius 1 is 1.85 bits per heavy atom. The summed E-state index contributed by atoms with van der Waals surface area (Å²) in [6.45, 7) is 0.429. The summed E-state index contributed by atoms with van der Waals surface area (Å²) in [6, 6.07) is -0.904. The number of carbonyl (C=O) groups is 2. The van der Waals surface area contributed by atoms with Gasteiger partial charge >= 0.3 is 11.9 Å². The maximum Gasteiger partial charge on any atom is 0.321 e. The lowest BCUT2D eigenvalue weighted by Crippen LogP contribution is -2.33. The van der Waals surface area contributed by atoms with Crippen molar-refractivity contribution in [3.8, 4) is 0 Å². The van der Waals surface area contributed by atoms with E-state index >= 15 is 0 Å². The fourth-order valence-corrected chi connectivity index (χ4v) is 1.97. The number of hydrogen-bond acceptors (Lipinski definition) is 5. The van der Waals surface area contributed by atoms with Crippen LogP contribution in [-0.2, 0) is 14.3 Å². The molecule has 1 saturated heterocycles. The molecule has 13 heavy (non-hydrogen) atoms. The molecule has 0 aromatic carbocycles. The van der Waals surface area contributed by atoms with Crippen molar-refractivity contribution >= 4 is 23.7 Å². The van der Waals surface area contributed by atoms with Gasteiger partial charge in [-0.2, -0.15) is 0 Å². The zero-order valence-corrected chi connectivity index (χ0v) is 7.75. The van der Waals surface area contributed by atoms with E-state index in [4.69, 9.17) is 15.6 Å². The molecule has 74 valence electrons. The molecule has 0 spiro atoms. The molecule has 1 aliphatic heterocycles. The molecule has 1 fully saturated rings. The van der Waals surface area contributed by atoms with Gasteiger partial charge in [0.1, 0.15) is 11.3 Å². The number of nitrogens with two attached hydrogens (primary N) is 1. The predicted molar refractivity (Wildman–Crippen MR) is 47.4 cm³/mol. The van der Waals surface area contributed by atoms with Gasteiger partial charge in [-0.3, -0.25) is 9.59 Å². The number of carbonyl (C=O) groups excluding carboxylic acids is 1. The molecule has 0 bridgehead atoms. The van der Waals surface area contributed by atoms with Gasteiger partial charge in [0, 0.05) is 12.2 Å². The van der Waals surface area contributed by atoms with Crippen LogP contribution in [-0.4, -0.2) is 40.7 Å². The minimum Gasteiger partial charge on any atom is -0.480 e. The van der Waals surface area contributed by atoms with Crippen LogP contribution in [0, 0.1) is 0 Å². The van der Waals surface area contributed by atoms with Crippen molar-refractivity contribution < 1.29 is 19.4 Å². The van der Waals surface area contributed by atoms with E-state index in [9.17, 15) is 9.59 Å². The molecule has 6 heteroatoms. The van der Waals surface area contributed by atoms with Crippen LogP contribution in [0.3, 0.4) is 0 Å². The van der Waals surface area contributed by atoms with Crippen LogP contribution in [0.25, 0.3) is 0 Å². The van der Waals surface area contributed by atoms with Crippen LogP contribution < -0.4 is 5.73 Å². The summed E-state index contributed by atoms with van der Waals surface area (Å²) in [7, 11) is 0. The number of ether oxygens (including phenoxy) is 1. The minimum absolute atomic E-state index is 0.231. The Morgan fingerprint density at radius 3 is 3.00 bits per heavy atom. The molecule has 0 aromatic rings. The van der Waals surface area contributed by atoms with E-state index in [1.54, 1.807) is 0 Å². The summed E-state index contributed by atoms with van der Waals surface area (Å²) in [5.74, 6) is -1.06. The number of rotatable bonds is 4. The van der Waals surface area contributed by atoms with E-state index in [0.29, 0.717) is 13.0 Å². The predicted octanol–water partition coefficient (Wildman–Crippen LogP) is -0.553. The highest BCUT2D eigenvalue weighted by molar-refractivity contribution is 8.00. The first-order valence-electron chi connectivity index (χ1n) is 3.88. The van der Waals surface area contributed by atoms with Gasteiger partial charge in [0.05, 0.1) is 6.61 Å². The van der Waals surface area contributed by atoms with E-state index < -0.39 is 12.0 Å². The lowest BCUT2D eigenvalue weighted by molar-refractivity contribution is -0.138. The molecule has 0 aliphatic carbocycles. The van der Waals surface area contributed by atoms with Crippen LogP contribution in [0.15, 0.2) is 0 Å². The summed E-state index contributed by atoms with van der Waals surface area (Å²) in [5.41, 5.74) is 5.27. The summed E-state index contributed by atoms with van der Waals surface area (Å²) in [5, 5.41) is 8.24. The van der Waals surface area contributed by atoms with E-state index in [0.717, 1.165) is 0 Å². The first-order chi connectivity index (χ1) is 6.11. The second kappa shape index (κ2) is 4.48. The second-order valence-electron chi connectivity index (χ2n) is 2.72. The van der Waals surface area contributed by atoms with Gasteiger partial charge < -0.3 is 15.6 Å². The number of carboxylic acids is 1. The molecule has 1 heterocycles. The standard InChI is InChI=1S/C7H11NO4S/c8-4(6(9)10)3-13-5-1-2-12-7(5)11/h4-5H,1-3,8H2,(H,9,10). The molecule has 0 radical (unpaired) electrons. The molecule has 2 atom stereocenters. The molecule has 0 amide bonds. The number of aliphatic carboxylic acids is 1. The van der Waals surface area contributed by atoms with Crippen LogP contribution in [0.2, 0.25) is 0 Å². The SMILES string of the molecule is NC(CSC1CCOC1=O)C(=O)O. The number of esters is 1. The quantitative estimate of drug-likeness (QED) is 0.598. The van der Waals surface area contributed by atoms with E-state index in [1.165, 1.54) is 11.8 Å². The summed E-state index contributed by atoms with van der Waals surface area (Å²) in [6.07, 6.45) is 0.649. The first-order valence-corrected chi connectivity index (χ1v) is 4.92. The zero-order chi connectivity index (χ0) is 9.84. The summed E-state index contributed by atoms with van der Waals surface area (Å²) < 4.78 is 4.71. The number of hydrogen-bond donors (Lipinski definition) is 2. The van der Waals surface area contributed by atoms with E-state index in [2.05, 4.69) is 0 Å². The average Bonchev–Trinajstić information content (AvgIpc) is 2.47. The van der Waals surface area contributed by atoms with Gasteiger partial charge in [-0.1, -0.05) is 0 Å². The normalized spacial score (nSPS) is 24.1. The van der Waals surface area contributed by atoms with Crippen LogP contribution >= 0.6 is 11.8 Å². The largest absolute Gasteiger partial charge is 0.480 e. The molecular weight excluding hydrogens is 194 g/mol. The maximum atomic E-state index is 10.9. The average molecular weight is 205 g/mol. The monoisotopic (exact) mass is 205 g/mol. The van der Waals surface area contributed by atoms with Gasteiger partial charge in [-0.05, 0) is 0 Å². The molecule has 5 nitrogen and oxygen atoms in total. The molecular formula is C7H11NO4S. The van der Waals surface area contributed by atoms with Crippen molar-refractivity contribution in [3.05, 3.63) is 0 Å². The highest BCUT2D eigenvalue weighted by Gasteiger charge is 2.28. The molecule has 2 unspecified atom stereocenters. The first kappa shape index (κ1) is 10.3. The Balaban J connectivity index is 2.25. The Morgan fingerprint density at radius 2 is 2.54 bits per heavy atom. The summed E-state index contributed by atoms with van der Waals surface area (Å²) in [4.78, 5) is 21.3. The van der Waals surface area contributed by atoms with Crippen molar-refractivity contribution in [1.82, 2.24) is 0 Å². The molecule has 1 rings (SSSR count). The maximum absolute atomic E-state index is 10.9. The Bertz CT molecular complexity index is 221. The van der Waals surface area contributed by atoms with Crippen molar-refractivity contribution in [1.29, 1.82) is 0 Å². The molecule has 1 aliphatic rings. The van der Waals surface area contributed by atoms with Crippen LogP contribution in [0.1, 0.15) is 6.42 Å². The third kappa shape index (κ3) is 2.89. The van der Waals surface area contributed by atoms with Crippen molar-refractivity contribution in [3.63, 3.8) is 0 Å². The topological polar surface area (TPSA) is 89.6 Å². The number of thioether (sulfide) groups is 1. The van der Waals surface area contributed by atoms with Gasteiger partial charge in [-0.15, -0.1) is 11.8 Å². The van der Waals surface area contributed by atoms with Gasteiger partial charge in [0.25, 0.3) is 0 Å². The second-order valence-corrected chi connectivity index (χ2v) is 3.96. The lowest BCUT2D eigenvalue weighted by atomic mass is 10.4. The Kier molecular flexibility index (Phi) is 3.56. The molecule has 0 aromatic heterocycles. The third-order valence-corrected chi connectivity index (χ3v) is 3.06. The summed E-state index contributed by atoms with van der Waals surface area (Å²) >= 11 is 1.25. The van der Waals surface area contributed by atoms with Crippen LogP contribution in [0.4, 0.5) is 0 Å². The third-order valence-electron chi connectivity index (χ3n) is 1.68. The minimum atomic E-state index is -1.04. The fourth-order valence-electron chi connectivity index (χ4n) is 0.920. The van der Waals surface area contributed by atoms with Gasteiger partial charge in [0.15, 0.2) is 0 Å². The Labute approximate surface area is 79.6 Å². The zero-order valence-electron chi connectivity index (χ0n) is 6.93. The highest BCUT2D eigenvalue weighted by Crippen LogP contribution is 2.21.